The molecule has 0 saturated carbocycles. The predicted octanol–water partition coefficient (Wildman–Crippen LogP) is 2.30. The first-order valence-corrected chi connectivity index (χ1v) is 7.95. The van der Waals surface area contributed by atoms with Crippen LogP contribution in [0.15, 0.2) is 24.7 Å². The number of nitrogens with zero attached hydrogens (tertiary/aromatic N) is 4. The third-order valence-corrected chi connectivity index (χ3v) is 4.04. The number of pyridine rings is 1. The van der Waals surface area contributed by atoms with Crippen LogP contribution in [0.3, 0.4) is 0 Å². The molecule has 1 aliphatic rings. The number of nitrogen functional groups attached to an aromatic ring is 1. The molecule has 122 valence electrons. The SMILES string of the molecule is CCc1ncnc(N2CCOC(C)(C)C2)c1-c1ccc(N)nc1. The van der Waals surface area contributed by atoms with Gasteiger partial charge in [-0.05, 0) is 32.4 Å². The number of rotatable bonds is 3. The highest BCUT2D eigenvalue weighted by atomic mass is 16.5. The molecule has 0 unspecified atom stereocenters. The summed E-state index contributed by atoms with van der Waals surface area (Å²) >= 11 is 0. The van der Waals surface area contributed by atoms with Crippen LogP contribution in [0.4, 0.5) is 11.6 Å². The summed E-state index contributed by atoms with van der Waals surface area (Å²) in [4.78, 5) is 15.5. The van der Waals surface area contributed by atoms with E-state index >= 15 is 0 Å². The Balaban J connectivity index is 2.08. The lowest BCUT2D eigenvalue weighted by Gasteiger charge is -2.39. The summed E-state index contributed by atoms with van der Waals surface area (Å²) in [7, 11) is 0. The van der Waals surface area contributed by atoms with Gasteiger partial charge in [0.2, 0.25) is 0 Å². The van der Waals surface area contributed by atoms with Crippen molar-refractivity contribution in [3.05, 3.63) is 30.4 Å². The summed E-state index contributed by atoms with van der Waals surface area (Å²) in [6.45, 7) is 8.61. The molecule has 2 aromatic heterocycles. The van der Waals surface area contributed by atoms with Crippen LogP contribution in [0.2, 0.25) is 0 Å². The maximum Gasteiger partial charge on any atom is 0.140 e. The molecule has 3 heterocycles. The second kappa shape index (κ2) is 6.12. The lowest BCUT2D eigenvalue weighted by atomic mass is 10.0. The fraction of sp³-hybridized carbons (Fsp3) is 0.471. The normalized spacial score (nSPS) is 17.3. The molecule has 0 atom stereocenters. The molecule has 2 aromatic rings. The predicted molar refractivity (Wildman–Crippen MR) is 91.3 cm³/mol. The van der Waals surface area contributed by atoms with Gasteiger partial charge in [0.25, 0.3) is 0 Å². The molecular weight excluding hydrogens is 290 g/mol. The number of anilines is 2. The second-order valence-corrected chi connectivity index (χ2v) is 6.37. The van der Waals surface area contributed by atoms with Gasteiger partial charge in [0, 0.05) is 30.4 Å². The van der Waals surface area contributed by atoms with Crippen LogP contribution in [0.25, 0.3) is 11.1 Å². The largest absolute Gasteiger partial charge is 0.384 e. The molecule has 6 nitrogen and oxygen atoms in total. The standard InChI is InChI=1S/C17H23N5O/c1-4-13-15(12-5-6-14(18)19-9-12)16(21-11-20-13)22-7-8-23-17(2,3)10-22/h5-6,9,11H,4,7-8,10H2,1-3H3,(H2,18,19). The van der Waals surface area contributed by atoms with Crippen molar-refractivity contribution in [3.8, 4) is 11.1 Å². The number of aryl methyl sites for hydroxylation is 1. The van der Waals surface area contributed by atoms with Gasteiger partial charge in [0.1, 0.15) is 18.0 Å². The van der Waals surface area contributed by atoms with Crippen molar-refractivity contribution >= 4 is 11.6 Å². The van der Waals surface area contributed by atoms with E-state index in [1.54, 1.807) is 12.5 Å². The highest BCUT2D eigenvalue weighted by Crippen LogP contribution is 2.33. The number of morpholine rings is 1. The van der Waals surface area contributed by atoms with E-state index in [0.29, 0.717) is 12.4 Å². The highest BCUT2D eigenvalue weighted by molar-refractivity contribution is 5.78. The Morgan fingerprint density at radius 3 is 2.74 bits per heavy atom. The van der Waals surface area contributed by atoms with Crippen molar-refractivity contribution in [3.63, 3.8) is 0 Å². The molecule has 0 spiro atoms. The van der Waals surface area contributed by atoms with Crippen molar-refractivity contribution in [1.29, 1.82) is 0 Å². The van der Waals surface area contributed by atoms with Crippen molar-refractivity contribution in [2.75, 3.05) is 30.3 Å². The first kappa shape index (κ1) is 15.7. The topological polar surface area (TPSA) is 77.2 Å². The van der Waals surface area contributed by atoms with Gasteiger partial charge in [0.05, 0.1) is 17.9 Å². The number of aromatic nitrogens is 3. The average molecular weight is 313 g/mol. The van der Waals surface area contributed by atoms with Crippen LogP contribution in [0, 0.1) is 0 Å². The quantitative estimate of drug-likeness (QED) is 0.937. The maximum atomic E-state index is 5.82. The summed E-state index contributed by atoms with van der Waals surface area (Å²) in [5.41, 5.74) is 8.59. The van der Waals surface area contributed by atoms with E-state index in [-0.39, 0.29) is 5.60 Å². The van der Waals surface area contributed by atoms with E-state index in [0.717, 1.165) is 42.1 Å². The van der Waals surface area contributed by atoms with Crippen LogP contribution in [-0.4, -0.2) is 40.2 Å². The molecule has 2 N–H and O–H groups in total. The second-order valence-electron chi connectivity index (χ2n) is 6.37. The van der Waals surface area contributed by atoms with Gasteiger partial charge in [-0.25, -0.2) is 15.0 Å². The number of nitrogens with two attached hydrogens (primary N) is 1. The van der Waals surface area contributed by atoms with Gasteiger partial charge >= 0.3 is 0 Å². The van der Waals surface area contributed by atoms with Gasteiger partial charge in [-0.1, -0.05) is 6.92 Å². The monoisotopic (exact) mass is 313 g/mol. The van der Waals surface area contributed by atoms with Crippen LogP contribution in [0.1, 0.15) is 26.5 Å². The molecule has 0 radical (unpaired) electrons. The van der Waals surface area contributed by atoms with Gasteiger partial charge in [-0.15, -0.1) is 0 Å². The van der Waals surface area contributed by atoms with Gasteiger partial charge in [-0.3, -0.25) is 0 Å². The highest BCUT2D eigenvalue weighted by Gasteiger charge is 2.30. The zero-order chi connectivity index (χ0) is 16.4. The summed E-state index contributed by atoms with van der Waals surface area (Å²) < 4.78 is 5.82. The molecule has 1 saturated heterocycles. The molecule has 6 heteroatoms. The lowest BCUT2D eigenvalue weighted by Crippen LogP contribution is -2.48. The Hall–Kier alpha value is -2.21. The summed E-state index contributed by atoms with van der Waals surface area (Å²) in [6, 6.07) is 3.80. The number of hydrogen-bond donors (Lipinski definition) is 1. The Bertz CT molecular complexity index is 684. The van der Waals surface area contributed by atoms with E-state index in [1.807, 2.05) is 12.1 Å². The van der Waals surface area contributed by atoms with Crippen molar-refractivity contribution in [1.82, 2.24) is 15.0 Å². The third-order valence-electron chi connectivity index (χ3n) is 4.04. The molecule has 3 rings (SSSR count). The van der Waals surface area contributed by atoms with Gasteiger partial charge < -0.3 is 15.4 Å². The van der Waals surface area contributed by atoms with E-state index in [9.17, 15) is 0 Å². The summed E-state index contributed by atoms with van der Waals surface area (Å²) in [6.07, 6.45) is 4.27. The average Bonchev–Trinajstić information content (AvgIpc) is 2.54. The van der Waals surface area contributed by atoms with Crippen LogP contribution in [0.5, 0.6) is 0 Å². The van der Waals surface area contributed by atoms with Crippen LogP contribution in [-0.2, 0) is 11.2 Å². The van der Waals surface area contributed by atoms with E-state index < -0.39 is 0 Å². The van der Waals surface area contributed by atoms with Crippen molar-refractivity contribution < 1.29 is 4.74 Å². The van der Waals surface area contributed by atoms with Crippen molar-refractivity contribution in [2.24, 2.45) is 0 Å². The Morgan fingerprint density at radius 1 is 1.26 bits per heavy atom. The maximum absolute atomic E-state index is 5.82. The minimum absolute atomic E-state index is 0.188. The molecule has 1 aliphatic heterocycles. The lowest BCUT2D eigenvalue weighted by molar-refractivity contribution is -0.0278. The fourth-order valence-electron chi connectivity index (χ4n) is 2.97. The van der Waals surface area contributed by atoms with Gasteiger partial charge in [0.15, 0.2) is 0 Å². The molecule has 0 aliphatic carbocycles. The Kier molecular flexibility index (Phi) is 4.17. The Labute approximate surface area is 136 Å². The minimum atomic E-state index is -0.188. The van der Waals surface area contributed by atoms with E-state index in [4.69, 9.17) is 10.5 Å². The Morgan fingerprint density at radius 2 is 2.09 bits per heavy atom. The van der Waals surface area contributed by atoms with Crippen molar-refractivity contribution in [2.45, 2.75) is 32.8 Å². The van der Waals surface area contributed by atoms with E-state index in [1.165, 1.54) is 0 Å². The molecule has 0 amide bonds. The molecule has 23 heavy (non-hydrogen) atoms. The minimum Gasteiger partial charge on any atom is -0.384 e. The smallest absolute Gasteiger partial charge is 0.140 e. The number of hydrogen-bond acceptors (Lipinski definition) is 6. The third kappa shape index (κ3) is 3.27. The molecule has 0 bridgehead atoms. The van der Waals surface area contributed by atoms with Gasteiger partial charge in [-0.2, -0.15) is 0 Å². The first-order valence-electron chi connectivity index (χ1n) is 7.95. The zero-order valence-corrected chi connectivity index (χ0v) is 13.9. The molecule has 0 aromatic carbocycles. The van der Waals surface area contributed by atoms with Crippen LogP contribution < -0.4 is 10.6 Å². The van der Waals surface area contributed by atoms with Crippen LogP contribution >= 0.6 is 0 Å². The summed E-state index contributed by atoms with van der Waals surface area (Å²) in [5.74, 6) is 1.46. The van der Waals surface area contributed by atoms with E-state index in [2.05, 4.69) is 40.6 Å². The first-order chi connectivity index (χ1) is 11.0. The number of ether oxygens (including phenoxy) is 1. The fourth-order valence-corrected chi connectivity index (χ4v) is 2.97. The molecular formula is C17H23N5O. The molecule has 1 fully saturated rings. The summed E-state index contributed by atoms with van der Waals surface area (Å²) in [5, 5.41) is 0. The zero-order valence-electron chi connectivity index (χ0n) is 13.9.